The van der Waals surface area contributed by atoms with E-state index in [0.717, 1.165) is 0 Å². The Kier molecular flexibility index (Phi) is 9.07. The third-order valence-electron chi connectivity index (χ3n) is 13.9. The third kappa shape index (κ3) is 4.89. The molecule has 0 aliphatic rings. The first-order valence-electron chi connectivity index (χ1n) is 18.7. The minimum Gasteiger partial charge on any atom is -0.347 e. The Hall–Kier alpha value is -3.69. The number of rotatable bonds is 4. The Labute approximate surface area is 312 Å². The fraction of sp³-hybridized carbons (Fsp3) is 0.417. The molecule has 4 aromatic carbocycles. The van der Waals surface area contributed by atoms with E-state index in [1.807, 2.05) is 11.8 Å². The molecule has 0 saturated heterocycles. The molecule has 51 heavy (non-hydrogen) atoms. The highest BCUT2D eigenvalue weighted by Crippen LogP contribution is 2.48. The monoisotopic (exact) mass is 696 g/mol. The van der Waals surface area contributed by atoms with E-state index < -0.39 is 0 Å². The van der Waals surface area contributed by atoms with E-state index in [4.69, 9.17) is 0 Å². The van der Waals surface area contributed by atoms with Gasteiger partial charge in [0.2, 0.25) is 0 Å². The SMILES string of the molecule is Cc1c(C)c(-c2c(C)c(C)c3c(c2C)c(C)c(C)n3C)c(C)c(C)c1Sc1c(C)c(C)c(-n2c(C)c(C)c3c(C)c(C)c(C)c(C)c32)c(C)c1C. The zero-order valence-electron chi connectivity index (χ0n) is 35.3. The van der Waals surface area contributed by atoms with Crippen LogP contribution in [-0.4, -0.2) is 9.13 Å². The van der Waals surface area contributed by atoms with Crippen molar-refractivity contribution >= 4 is 33.6 Å². The van der Waals surface area contributed by atoms with Crippen LogP contribution in [0.3, 0.4) is 0 Å². The van der Waals surface area contributed by atoms with Crippen molar-refractivity contribution in [1.82, 2.24) is 9.13 Å². The molecule has 2 nitrogen and oxygen atoms in total. The van der Waals surface area contributed by atoms with E-state index in [0.29, 0.717) is 0 Å². The number of hydrogen-bond donors (Lipinski definition) is 0. The lowest BCUT2D eigenvalue weighted by molar-refractivity contribution is 0.906. The lowest BCUT2D eigenvalue weighted by atomic mass is 9.82. The van der Waals surface area contributed by atoms with Gasteiger partial charge < -0.3 is 9.13 Å². The molecule has 0 amide bonds. The van der Waals surface area contributed by atoms with Gasteiger partial charge in [0.1, 0.15) is 0 Å². The lowest BCUT2D eigenvalue weighted by Gasteiger charge is -2.26. The van der Waals surface area contributed by atoms with Crippen LogP contribution in [0.1, 0.15) is 106 Å². The summed E-state index contributed by atoms with van der Waals surface area (Å²) in [7, 11) is 2.22. The lowest BCUT2D eigenvalue weighted by Crippen LogP contribution is -2.09. The number of nitrogens with zero attached hydrogens (tertiary/aromatic N) is 2. The van der Waals surface area contributed by atoms with Crippen molar-refractivity contribution in [2.45, 2.75) is 141 Å². The number of hydrogen-bond acceptors (Lipinski definition) is 1. The molecule has 0 unspecified atom stereocenters. The third-order valence-corrected chi connectivity index (χ3v) is 15.6. The van der Waals surface area contributed by atoms with E-state index in [1.165, 1.54) is 154 Å². The predicted octanol–water partition coefficient (Wildman–Crippen LogP) is 13.8. The van der Waals surface area contributed by atoms with Crippen molar-refractivity contribution in [3.05, 3.63) is 106 Å². The maximum atomic E-state index is 2.59. The number of fused-ring (bicyclic) bond motifs is 2. The van der Waals surface area contributed by atoms with Gasteiger partial charge in [0, 0.05) is 39.0 Å². The molecule has 2 heterocycles. The zero-order valence-corrected chi connectivity index (χ0v) is 36.1. The topological polar surface area (TPSA) is 9.86 Å². The van der Waals surface area contributed by atoms with Crippen molar-refractivity contribution in [2.24, 2.45) is 7.05 Å². The molecule has 6 rings (SSSR count). The van der Waals surface area contributed by atoms with Gasteiger partial charge in [-0.25, -0.2) is 0 Å². The van der Waals surface area contributed by atoms with Gasteiger partial charge in [0.05, 0.1) is 16.7 Å². The fourth-order valence-corrected chi connectivity index (χ4v) is 10.9. The summed E-state index contributed by atoms with van der Waals surface area (Å²) >= 11 is 1.99. The van der Waals surface area contributed by atoms with Crippen LogP contribution in [0.25, 0.3) is 38.6 Å². The molecule has 0 atom stereocenters. The molecule has 0 radical (unpaired) electrons. The molecule has 0 N–H and O–H groups in total. The Morgan fingerprint density at radius 3 is 1.20 bits per heavy atom. The van der Waals surface area contributed by atoms with Gasteiger partial charge in [0.25, 0.3) is 0 Å². The number of aromatic nitrogens is 2. The minimum absolute atomic E-state index is 1.35. The van der Waals surface area contributed by atoms with E-state index >= 15 is 0 Å². The van der Waals surface area contributed by atoms with Crippen molar-refractivity contribution in [2.75, 3.05) is 0 Å². The van der Waals surface area contributed by atoms with Crippen LogP contribution in [0.15, 0.2) is 9.79 Å². The van der Waals surface area contributed by atoms with E-state index in [1.54, 1.807) is 0 Å². The molecule has 268 valence electrons. The summed E-state index contributed by atoms with van der Waals surface area (Å²) in [4.78, 5) is 2.81. The van der Waals surface area contributed by atoms with Crippen LogP contribution in [0.4, 0.5) is 0 Å². The number of aryl methyl sites for hydroxylation is 7. The fourth-order valence-electron chi connectivity index (χ4n) is 9.47. The maximum Gasteiger partial charge on any atom is 0.0569 e. The molecule has 6 aromatic rings. The highest BCUT2D eigenvalue weighted by molar-refractivity contribution is 7.99. The normalized spacial score (nSPS) is 12.0. The minimum atomic E-state index is 1.35. The quantitative estimate of drug-likeness (QED) is 0.178. The van der Waals surface area contributed by atoms with Crippen LogP contribution >= 0.6 is 11.8 Å². The first-order chi connectivity index (χ1) is 23.7. The molecule has 0 bridgehead atoms. The van der Waals surface area contributed by atoms with Crippen molar-refractivity contribution in [3.8, 4) is 16.8 Å². The Bertz CT molecular complexity index is 2470. The summed E-state index contributed by atoms with van der Waals surface area (Å²) in [6, 6.07) is 0. The van der Waals surface area contributed by atoms with Crippen molar-refractivity contribution < 1.29 is 0 Å². The maximum absolute atomic E-state index is 2.59. The van der Waals surface area contributed by atoms with E-state index in [-0.39, 0.29) is 0 Å². The molecule has 0 saturated carbocycles. The predicted molar refractivity (Wildman–Crippen MR) is 226 cm³/mol. The van der Waals surface area contributed by atoms with Gasteiger partial charge in [0.15, 0.2) is 0 Å². The van der Waals surface area contributed by atoms with Crippen molar-refractivity contribution in [3.63, 3.8) is 0 Å². The summed E-state index contributed by atoms with van der Waals surface area (Å²) < 4.78 is 4.99. The number of benzene rings is 4. The summed E-state index contributed by atoms with van der Waals surface area (Å²) in [5.41, 5.74) is 33.4. The summed E-state index contributed by atoms with van der Waals surface area (Å²) in [6.07, 6.45) is 0. The largest absolute Gasteiger partial charge is 0.347 e. The summed E-state index contributed by atoms with van der Waals surface area (Å²) in [5, 5.41) is 2.85. The van der Waals surface area contributed by atoms with Crippen LogP contribution in [0, 0.1) is 132 Å². The molecule has 2 aromatic heterocycles. The van der Waals surface area contributed by atoms with Gasteiger partial charge in [-0.2, -0.15) is 0 Å². The zero-order chi connectivity index (χ0) is 38.0. The molecule has 0 aliphatic carbocycles. The van der Waals surface area contributed by atoms with E-state index in [9.17, 15) is 0 Å². The Balaban J connectivity index is 1.57. The van der Waals surface area contributed by atoms with Crippen LogP contribution < -0.4 is 0 Å². The molecule has 3 heteroatoms. The van der Waals surface area contributed by atoms with Gasteiger partial charge in [-0.3, -0.25) is 0 Å². The van der Waals surface area contributed by atoms with Crippen LogP contribution in [-0.2, 0) is 7.05 Å². The Morgan fingerprint density at radius 2 is 0.686 bits per heavy atom. The first kappa shape index (κ1) is 37.1. The van der Waals surface area contributed by atoms with Gasteiger partial charge in [-0.15, -0.1) is 0 Å². The summed E-state index contributed by atoms with van der Waals surface area (Å²) in [5.74, 6) is 0. The smallest absolute Gasteiger partial charge is 0.0569 e. The molecule has 0 aliphatic heterocycles. The first-order valence-corrected chi connectivity index (χ1v) is 19.5. The van der Waals surface area contributed by atoms with Gasteiger partial charge in [-0.05, 0) is 237 Å². The highest BCUT2D eigenvalue weighted by Gasteiger charge is 2.27. The summed E-state index contributed by atoms with van der Waals surface area (Å²) in [6.45, 7) is 44.2. The van der Waals surface area contributed by atoms with E-state index in [2.05, 4.69) is 148 Å². The molecular formula is C48H60N2S. The van der Waals surface area contributed by atoms with Crippen molar-refractivity contribution in [1.29, 1.82) is 0 Å². The van der Waals surface area contributed by atoms with Gasteiger partial charge in [-0.1, -0.05) is 11.8 Å². The average molecular weight is 697 g/mol. The van der Waals surface area contributed by atoms with Crippen LogP contribution in [0.2, 0.25) is 0 Å². The standard InChI is InChI=1S/C48H60N2S/c1-21-22(2)27(7)46-42(23(21)3)36(16)39(19)50(46)44-29(9)33(13)48(34(14)30(44)10)51-47-31(11)25(5)40(26(6)32(47)12)41-24(4)28(8)45-43(37(41)17)35(15)38(18)49(45)20/h1-20H3. The molecule has 0 spiro atoms. The van der Waals surface area contributed by atoms with Gasteiger partial charge >= 0.3 is 0 Å². The average Bonchev–Trinajstić information content (AvgIpc) is 3.48. The second-order valence-corrected chi connectivity index (χ2v) is 17.0. The molecule has 0 fully saturated rings. The highest BCUT2D eigenvalue weighted by atomic mass is 32.2. The Morgan fingerprint density at radius 1 is 0.314 bits per heavy atom. The van der Waals surface area contributed by atoms with Crippen LogP contribution in [0.5, 0.6) is 0 Å². The second kappa shape index (κ2) is 12.5. The second-order valence-electron chi connectivity index (χ2n) is 16.0. The molecular weight excluding hydrogens is 637 g/mol.